The van der Waals surface area contributed by atoms with Crippen molar-refractivity contribution in [3.63, 3.8) is 0 Å². The Kier molecular flexibility index (Phi) is 4.99. The highest BCUT2D eigenvalue weighted by Gasteiger charge is 2.17. The van der Waals surface area contributed by atoms with E-state index in [-0.39, 0.29) is 11.9 Å². The topological polar surface area (TPSA) is 54.0 Å². The number of thiophene rings is 2. The standard InChI is InChI=1S/C16H19N3OS3/c1-9(18-11(3)20)7-13-10(2)14-15(22-13)16(23-19-14)17-8-12-5-4-6-21-12/h4-6,9,17H,7-8H2,1-3H3,(H,18,20)/t9-/m0/s1. The minimum Gasteiger partial charge on any atom is -0.370 e. The lowest BCUT2D eigenvalue weighted by Gasteiger charge is -2.11. The number of aromatic nitrogens is 1. The lowest BCUT2D eigenvalue weighted by molar-refractivity contribution is -0.119. The molecule has 0 aromatic carbocycles. The summed E-state index contributed by atoms with van der Waals surface area (Å²) in [6.07, 6.45) is 0.849. The van der Waals surface area contributed by atoms with Crippen LogP contribution in [0, 0.1) is 6.92 Å². The molecule has 0 saturated carbocycles. The molecule has 23 heavy (non-hydrogen) atoms. The molecule has 0 saturated heterocycles. The van der Waals surface area contributed by atoms with Gasteiger partial charge in [-0.25, -0.2) is 0 Å². The van der Waals surface area contributed by atoms with Crippen LogP contribution in [0.15, 0.2) is 17.5 Å². The van der Waals surface area contributed by atoms with Gasteiger partial charge in [0.05, 0.1) is 11.2 Å². The van der Waals surface area contributed by atoms with E-state index < -0.39 is 0 Å². The van der Waals surface area contributed by atoms with Crippen molar-refractivity contribution in [1.29, 1.82) is 0 Å². The Hall–Kier alpha value is -1.44. The van der Waals surface area contributed by atoms with Crippen LogP contribution in [0.2, 0.25) is 0 Å². The van der Waals surface area contributed by atoms with Crippen LogP contribution in [0.4, 0.5) is 5.00 Å². The van der Waals surface area contributed by atoms with Crippen molar-refractivity contribution in [3.05, 3.63) is 32.8 Å². The quantitative estimate of drug-likeness (QED) is 0.680. The molecule has 0 unspecified atom stereocenters. The normalized spacial score (nSPS) is 12.5. The van der Waals surface area contributed by atoms with Crippen molar-refractivity contribution in [2.45, 2.75) is 39.8 Å². The third kappa shape index (κ3) is 3.73. The summed E-state index contributed by atoms with van der Waals surface area (Å²) in [6.45, 7) is 6.56. The van der Waals surface area contributed by atoms with Crippen molar-refractivity contribution in [2.75, 3.05) is 5.32 Å². The number of carbonyl (C=O) groups is 1. The van der Waals surface area contributed by atoms with Gasteiger partial charge in [0.15, 0.2) is 0 Å². The Labute approximate surface area is 147 Å². The molecule has 1 atom stereocenters. The minimum absolute atomic E-state index is 0.0179. The predicted octanol–water partition coefficient (Wildman–Crippen LogP) is 4.41. The number of rotatable bonds is 6. The molecule has 0 fully saturated rings. The van der Waals surface area contributed by atoms with Gasteiger partial charge >= 0.3 is 0 Å². The SMILES string of the molecule is CC(=O)N[C@@H](C)Cc1sc2c(NCc3cccs3)snc2c1C. The third-order valence-electron chi connectivity index (χ3n) is 3.59. The molecule has 7 heteroatoms. The minimum atomic E-state index is 0.0179. The molecule has 3 aromatic rings. The van der Waals surface area contributed by atoms with Crippen molar-refractivity contribution < 1.29 is 4.79 Å². The van der Waals surface area contributed by atoms with E-state index in [1.54, 1.807) is 29.6 Å². The van der Waals surface area contributed by atoms with Gasteiger partial charge in [0.2, 0.25) is 5.91 Å². The highest BCUT2D eigenvalue weighted by molar-refractivity contribution is 7.24. The third-order valence-corrected chi connectivity index (χ3v) is 6.72. The Balaban J connectivity index is 1.77. The van der Waals surface area contributed by atoms with Crippen LogP contribution in [0.3, 0.4) is 0 Å². The Bertz CT molecular complexity index is 804. The van der Waals surface area contributed by atoms with Gasteiger partial charge in [-0.1, -0.05) is 6.07 Å². The first kappa shape index (κ1) is 16.4. The van der Waals surface area contributed by atoms with Crippen molar-refractivity contribution >= 4 is 55.3 Å². The van der Waals surface area contributed by atoms with Crippen LogP contribution in [0.5, 0.6) is 0 Å². The summed E-state index contributed by atoms with van der Waals surface area (Å²) in [6, 6.07) is 4.34. The fraction of sp³-hybridized carbons (Fsp3) is 0.375. The average molecular weight is 366 g/mol. The number of hydrogen-bond donors (Lipinski definition) is 2. The van der Waals surface area contributed by atoms with Gasteiger partial charge in [-0.2, -0.15) is 4.37 Å². The number of carbonyl (C=O) groups excluding carboxylic acids is 1. The van der Waals surface area contributed by atoms with E-state index in [0.29, 0.717) is 0 Å². The van der Waals surface area contributed by atoms with Crippen LogP contribution in [0.1, 0.15) is 29.2 Å². The number of aryl methyl sites for hydroxylation is 1. The van der Waals surface area contributed by atoms with Gasteiger partial charge in [0.25, 0.3) is 0 Å². The number of amides is 1. The summed E-state index contributed by atoms with van der Waals surface area (Å²) in [5.74, 6) is 0.0179. The molecule has 0 aliphatic carbocycles. The largest absolute Gasteiger partial charge is 0.370 e. The van der Waals surface area contributed by atoms with Gasteiger partial charge < -0.3 is 10.6 Å². The molecule has 0 spiro atoms. The van der Waals surface area contributed by atoms with Crippen LogP contribution >= 0.6 is 34.2 Å². The first-order valence-corrected chi connectivity index (χ1v) is 9.92. The fourth-order valence-corrected chi connectivity index (χ4v) is 5.47. The van der Waals surface area contributed by atoms with E-state index >= 15 is 0 Å². The smallest absolute Gasteiger partial charge is 0.217 e. The average Bonchev–Trinajstić information content (AvgIpc) is 3.17. The zero-order valence-electron chi connectivity index (χ0n) is 13.3. The molecular formula is C16H19N3OS3. The molecule has 3 heterocycles. The Morgan fingerprint density at radius 1 is 1.43 bits per heavy atom. The second-order valence-electron chi connectivity index (χ2n) is 5.58. The number of nitrogens with zero attached hydrogens (tertiary/aromatic N) is 1. The van der Waals surface area contributed by atoms with E-state index in [4.69, 9.17) is 0 Å². The molecule has 0 aliphatic heterocycles. The van der Waals surface area contributed by atoms with Crippen LogP contribution < -0.4 is 10.6 Å². The summed E-state index contributed by atoms with van der Waals surface area (Å²) < 4.78 is 5.84. The van der Waals surface area contributed by atoms with E-state index in [0.717, 1.165) is 23.5 Å². The lowest BCUT2D eigenvalue weighted by atomic mass is 10.1. The van der Waals surface area contributed by atoms with E-state index in [2.05, 4.69) is 39.4 Å². The molecule has 122 valence electrons. The monoisotopic (exact) mass is 365 g/mol. The predicted molar refractivity (Wildman–Crippen MR) is 101 cm³/mol. The second kappa shape index (κ2) is 6.98. The Morgan fingerprint density at radius 3 is 2.96 bits per heavy atom. The summed E-state index contributed by atoms with van der Waals surface area (Å²) in [5, 5.41) is 9.68. The molecule has 3 rings (SSSR count). The molecule has 0 radical (unpaired) electrons. The summed E-state index contributed by atoms with van der Waals surface area (Å²) in [5.41, 5.74) is 2.33. The number of anilines is 1. The summed E-state index contributed by atoms with van der Waals surface area (Å²) >= 11 is 5.07. The van der Waals surface area contributed by atoms with E-state index in [1.165, 1.54) is 31.6 Å². The van der Waals surface area contributed by atoms with Crippen molar-refractivity contribution in [1.82, 2.24) is 9.69 Å². The van der Waals surface area contributed by atoms with Crippen molar-refractivity contribution in [3.8, 4) is 0 Å². The van der Waals surface area contributed by atoms with Gasteiger partial charge in [-0.3, -0.25) is 4.79 Å². The first-order chi connectivity index (χ1) is 11.0. The maximum Gasteiger partial charge on any atom is 0.217 e. The molecular weight excluding hydrogens is 346 g/mol. The first-order valence-electron chi connectivity index (χ1n) is 7.45. The zero-order chi connectivity index (χ0) is 16.4. The van der Waals surface area contributed by atoms with E-state index in [9.17, 15) is 4.79 Å². The lowest BCUT2D eigenvalue weighted by Crippen LogP contribution is -2.31. The second-order valence-corrected chi connectivity index (χ2v) is 8.49. The van der Waals surface area contributed by atoms with Gasteiger partial charge in [0.1, 0.15) is 10.5 Å². The van der Waals surface area contributed by atoms with Crippen LogP contribution in [-0.4, -0.2) is 16.3 Å². The molecule has 0 bridgehead atoms. The highest BCUT2D eigenvalue weighted by atomic mass is 32.1. The number of nitrogens with one attached hydrogen (secondary N) is 2. The summed E-state index contributed by atoms with van der Waals surface area (Å²) in [7, 11) is 0. The highest BCUT2D eigenvalue weighted by Crippen LogP contribution is 2.39. The maximum atomic E-state index is 11.2. The van der Waals surface area contributed by atoms with E-state index in [1.807, 2.05) is 6.92 Å². The van der Waals surface area contributed by atoms with Crippen molar-refractivity contribution in [2.24, 2.45) is 0 Å². The van der Waals surface area contributed by atoms with Gasteiger partial charge in [0, 0.05) is 29.1 Å². The van der Waals surface area contributed by atoms with Crippen LogP contribution in [0.25, 0.3) is 10.2 Å². The van der Waals surface area contributed by atoms with Gasteiger partial charge in [-0.05, 0) is 42.4 Å². The maximum absolute atomic E-state index is 11.2. The fourth-order valence-electron chi connectivity index (χ4n) is 2.51. The number of hydrogen-bond acceptors (Lipinski definition) is 6. The molecule has 3 aromatic heterocycles. The number of fused-ring (bicyclic) bond motifs is 1. The Morgan fingerprint density at radius 2 is 2.26 bits per heavy atom. The molecule has 2 N–H and O–H groups in total. The summed E-state index contributed by atoms with van der Waals surface area (Å²) in [4.78, 5) is 13.8. The van der Waals surface area contributed by atoms with Crippen LogP contribution in [-0.2, 0) is 17.8 Å². The molecule has 1 amide bonds. The zero-order valence-corrected chi connectivity index (χ0v) is 15.8. The molecule has 4 nitrogen and oxygen atoms in total. The molecule has 0 aliphatic rings. The van der Waals surface area contributed by atoms with Gasteiger partial charge in [-0.15, -0.1) is 22.7 Å².